The van der Waals surface area contributed by atoms with Gasteiger partial charge in [-0.05, 0) is 54.8 Å². The van der Waals surface area contributed by atoms with E-state index in [-0.39, 0.29) is 29.7 Å². The minimum Gasteiger partial charge on any atom is -0.508 e. The van der Waals surface area contributed by atoms with Crippen LogP contribution in [0.1, 0.15) is 30.0 Å². The van der Waals surface area contributed by atoms with Crippen molar-refractivity contribution in [2.45, 2.75) is 25.0 Å². The summed E-state index contributed by atoms with van der Waals surface area (Å²) in [4.78, 5) is 27.2. The first-order valence-corrected chi connectivity index (χ1v) is 9.78. The lowest BCUT2D eigenvalue weighted by atomic mass is 9.95. The lowest BCUT2D eigenvalue weighted by molar-refractivity contribution is -0.140. The van der Waals surface area contributed by atoms with Gasteiger partial charge in [0, 0.05) is 23.7 Å². The minimum atomic E-state index is -0.768. The molecule has 2 fully saturated rings. The smallest absolute Gasteiger partial charge is 0.295 e. The zero-order valence-electron chi connectivity index (χ0n) is 15.5. The Morgan fingerprint density at radius 2 is 1.79 bits per heavy atom. The Morgan fingerprint density at radius 1 is 1.10 bits per heavy atom. The van der Waals surface area contributed by atoms with Crippen molar-refractivity contribution in [3.8, 4) is 5.75 Å². The number of hydrogen-bond acceptors (Lipinski definition) is 5. The molecule has 0 aromatic heterocycles. The molecule has 0 unspecified atom stereocenters. The number of benzene rings is 2. The molecule has 2 atom stereocenters. The van der Waals surface area contributed by atoms with E-state index < -0.39 is 17.7 Å². The van der Waals surface area contributed by atoms with Crippen molar-refractivity contribution >= 4 is 29.1 Å². The van der Waals surface area contributed by atoms with Crippen molar-refractivity contribution in [3.05, 3.63) is 70.3 Å². The predicted octanol–water partition coefficient (Wildman–Crippen LogP) is 3.65. The van der Waals surface area contributed by atoms with E-state index in [0.717, 1.165) is 12.8 Å². The molecule has 150 valence electrons. The molecule has 2 aromatic rings. The number of hydrogen-bond donors (Lipinski definition) is 2. The summed E-state index contributed by atoms with van der Waals surface area (Å²) in [5, 5.41) is 21.1. The molecule has 1 amide bonds. The number of nitrogens with zero attached hydrogens (tertiary/aromatic N) is 1. The van der Waals surface area contributed by atoms with Gasteiger partial charge in [0.2, 0.25) is 0 Å². The van der Waals surface area contributed by atoms with Gasteiger partial charge in [0.25, 0.3) is 11.7 Å². The van der Waals surface area contributed by atoms with Crippen molar-refractivity contribution in [2.24, 2.45) is 0 Å². The number of halogens is 1. The number of phenolic OH excluding ortho intramolecular Hbond substituents is 1. The standard InChI is InChI=1S/C22H20ClNO5/c23-15-7-3-14(4-8-15)20(26)18-19(13-5-9-16(25)10-6-13)24(22(28)21(18)27)12-17-2-1-11-29-17/h3-10,17,19,25-26H,1-2,11-12H2/b20-18+/t17-,19+/m0/s1. The molecule has 0 bridgehead atoms. The number of carbonyl (C=O) groups excluding carboxylic acids is 2. The molecule has 29 heavy (non-hydrogen) atoms. The van der Waals surface area contributed by atoms with Gasteiger partial charge in [-0.25, -0.2) is 0 Å². The van der Waals surface area contributed by atoms with Crippen LogP contribution in [-0.2, 0) is 14.3 Å². The largest absolute Gasteiger partial charge is 0.508 e. The fourth-order valence-electron chi connectivity index (χ4n) is 3.84. The van der Waals surface area contributed by atoms with Crippen molar-refractivity contribution < 1.29 is 24.5 Å². The molecule has 2 saturated heterocycles. The highest BCUT2D eigenvalue weighted by atomic mass is 35.5. The maximum atomic E-state index is 12.9. The Hall–Kier alpha value is -2.83. The van der Waals surface area contributed by atoms with Crippen molar-refractivity contribution in [1.29, 1.82) is 0 Å². The number of likely N-dealkylation sites (tertiary alicyclic amines) is 1. The van der Waals surface area contributed by atoms with E-state index in [1.54, 1.807) is 36.4 Å². The van der Waals surface area contributed by atoms with Gasteiger partial charge in [0.15, 0.2) is 0 Å². The topological polar surface area (TPSA) is 87.1 Å². The number of phenols is 1. The Labute approximate surface area is 173 Å². The Balaban J connectivity index is 1.81. The number of aliphatic hydroxyl groups is 1. The van der Waals surface area contributed by atoms with Gasteiger partial charge in [-0.2, -0.15) is 0 Å². The second kappa shape index (κ2) is 7.89. The summed E-state index contributed by atoms with van der Waals surface area (Å²) in [5.41, 5.74) is 1.03. The van der Waals surface area contributed by atoms with Crippen LogP contribution < -0.4 is 0 Å². The zero-order chi connectivity index (χ0) is 20.5. The highest BCUT2D eigenvalue weighted by Gasteiger charge is 2.47. The highest BCUT2D eigenvalue weighted by molar-refractivity contribution is 6.46. The first-order chi connectivity index (χ1) is 14.0. The molecule has 0 aliphatic carbocycles. The van der Waals surface area contributed by atoms with E-state index in [4.69, 9.17) is 16.3 Å². The van der Waals surface area contributed by atoms with Crippen LogP contribution in [0.2, 0.25) is 5.02 Å². The third kappa shape index (κ3) is 3.73. The Morgan fingerprint density at radius 3 is 2.41 bits per heavy atom. The summed E-state index contributed by atoms with van der Waals surface area (Å²) >= 11 is 5.92. The van der Waals surface area contributed by atoms with Gasteiger partial charge in [0.05, 0.1) is 17.7 Å². The number of amides is 1. The monoisotopic (exact) mass is 413 g/mol. The lowest BCUT2D eigenvalue weighted by Crippen LogP contribution is -2.36. The summed E-state index contributed by atoms with van der Waals surface area (Å²) in [6, 6.07) is 11.9. The van der Waals surface area contributed by atoms with Gasteiger partial charge < -0.3 is 19.8 Å². The molecular weight excluding hydrogens is 394 g/mol. The van der Waals surface area contributed by atoms with Gasteiger partial charge in [-0.1, -0.05) is 23.7 Å². The molecular formula is C22H20ClNO5. The average Bonchev–Trinajstić information content (AvgIpc) is 3.31. The number of Topliss-reactive ketones (excluding diaryl/α,β-unsaturated/α-hetero) is 1. The van der Waals surface area contributed by atoms with E-state index in [1.165, 1.54) is 17.0 Å². The van der Waals surface area contributed by atoms with Crippen LogP contribution in [0.3, 0.4) is 0 Å². The molecule has 2 aromatic carbocycles. The number of aromatic hydroxyl groups is 1. The van der Waals surface area contributed by atoms with E-state index in [1.807, 2.05) is 0 Å². The van der Waals surface area contributed by atoms with E-state index in [0.29, 0.717) is 22.8 Å². The van der Waals surface area contributed by atoms with E-state index in [9.17, 15) is 19.8 Å². The molecule has 2 aliphatic heterocycles. The number of aliphatic hydroxyl groups excluding tert-OH is 1. The summed E-state index contributed by atoms with van der Waals surface area (Å²) < 4.78 is 5.66. The molecule has 0 saturated carbocycles. The van der Waals surface area contributed by atoms with Crippen molar-refractivity contribution in [2.75, 3.05) is 13.2 Å². The second-order valence-electron chi connectivity index (χ2n) is 7.18. The molecule has 0 spiro atoms. The lowest BCUT2D eigenvalue weighted by Gasteiger charge is -2.27. The zero-order valence-corrected chi connectivity index (χ0v) is 16.3. The van der Waals surface area contributed by atoms with Crippen LogP contribution in [0.4, 0.5) is 0 Å². The number of ketones is 1. The Kier molecular flexibility index (Phi) is 5.30. The second-order valence-corrected chi connectivity index (χ2v) is 7.62. The molecule has 0 radical (unpaired) electrons. The normalized spacial score (nSPS) is 23.7. The molecule has 2 heterocycles. The first kappa shape index (κ1) is 19.5. The van der Waals surface area contributed by atoms with Crippen LogP contribution in [0, 0.1) is 0 Å². The van der Waals surface area contributed by atoms with Crippen molar-refractivity contribution in [3.63, 3.8) is 0 Å². The summed E-state index contributed by atoms with van der Waals surface area (Å²) in [7, 11) is 0. The maximum Gasteiger partial charge on any atom is 0.295 e. The summed E-state index contributed by atoms with van der Waals surface area (Å²) in [6.07, 6.45) is 1.56. The van der Waals surface area contributed by atoms with Crippen LogP contribution >= 0.6 is 11.6 Å². The summed E-state index contributed by atoms with van der Waals surface area (Å²) in [6.45, 7) is 0.886. The Bertz CT molecular complexity index is 962. The third-order valence-electron chi connectivity index (χ3n) is 5.29. The summed E-state index contributed by atoms with van der Waals surface area (Å²) in [5.74, 6) is -1.60. The SMILES string of the molecule is O=C1C(=O)N(C[C@@H]2CCCO2)[C@H](c2ccc(O)cc2)/C1=C(\O)c1ccc(Cl)cc1. The maximum absolute atomic E-state index is 12.9. The van der Waals surface area contributed by atoms with Crippen LogP contribution in [0.25, 0.3) is 5.76 Å². The van der Waals surface area contributed by atoms with Crippen LogP contribution in [-0.4, -0.2) is 46.1 Å². The van der Waals surface area contributed by atoms with Gasteiger partial charge in [0.1, 0.15) is 11.5 Å². The third-order valence-corrected chi connectivity index (χ3v) is 5.54. The van der Waals surface area contributed by atoms with Gasteiger partial charge >= 0.3 is 0 Å². The molecule has 2 aliphatic rings. The van der Waals surface area contributed by atoms with Gasteiger partial charge in [-0.15, -0.1) is 0 Å². The number of rotatable bonds is 4. The quantitative estimate of drug-likeness (QED) is 0.454. The van der Waals surface area contributed by atoms with Crippen molar-refractivity contribution in [1.82, 2.24) is 4.90 Å². The molecule has 6 nitrogen and oxygen atoms in total. The minimum absolute atomic E-state index is 0.0148. The fraction of sp³-hybridized carbons (Fsp3) is 0.273. The van der Waals surface area contributed by atoms with Crippen LogP contribution in [0.15, 0.2) is 54.1 Å². The number of ether oxygens (including phenoxy) is 1. The van der Waals surface area contributed by atoms with Crippen LogP contribution in [0.5, 0.6) is 5.75 Å². The molecule has 7 heteroatoms. The fourth-order valence-corrected chi connectivity index (χ4v) is 3.97. The average molecular weight is 414 g/mol. The van der Waals surface area contributed by atoms with Gasteiger partial charge in [-0.3, -0.25) is 9.59 Å². The first-order valence-electron chi connectivity index (χ1n) is 9.40. The number of carbonyl (C=O) groups is 2. The highest BCUT2D eigenvalue weighted by Crippen LogP contribution is 2.40. The predicted molar refractivity (Wildman–Crippen MR) is 108 cm³/mol. The molecule has 4 rings (SSSR count). The van der Waals surface area contributed by atoms with E-state index >= 15 is 0 Å². The molecule has 2 N–H and O–H groups in total. The van der Waals surface area contributed by atoms with E-state index in [2.05, 4.69) is 0 Å².